The number of nitro benzene ring substituents is 1. The van der Waals surface area contributed by atoms with Crippen LogP contribution in [-0.4, -0.2) is 38.1 Å². The molecule has 0 saturated carbocycles. The van der Waals surface area contributed by atoms with E-state index in [1.165, 1.54) is 37.3 Å². The van der Waals surface area contributed by atoms with Crippen molar-refractivity contribution in [2.75, 3.05) is 17.1 Å². The number of amides is 1. The van der Waals surface area contributed by atoms with Gasteiger partial charge in [0.25, 0.3) is 5.69 Å². The third-order valence-corrected chi connectivity index (χ3v) is 5.48. The quantitative estimate of drug-likeness (QED) is 0.379. The molecule has 0 fully saturated rings. The van der Waals surface area contributed by atoms with Gasteiger partial charge in [0.1, 0.15) is 11.9 Å². The Labute approximate surface area is 168 Å². The van der Waals surface area contributed by atoms with E-state index in [0.29, 0.717) is 19.4 Å². The first-order chi connectivity index (χ1) is 13.6. The number of rotatable bonds is 9. The fourth-order valence-corrected chi connectivity index (χ4v) is 4.02. The van der Waals surface area contributed by atoms with Crippen LogP contribution in [0.5, 0.6) is 0 Å². The largest absolute Gasteiger partial charge is 0.354 e. The van der Waals surface area contributed by atoms with Crippen LogP contribution in [0.25, 0.3) is 0 Å². The maximum absolute atomic E-state index is 12.9. The van der Waals surface area contributed by atoms with Gasteiger partial charge in [-0.05, 0) is 43.5 Å². The summed E-state index contributed by atoms with van der Waals surface area (Å²) in [5, 5.41) is 13.6. The molecule has 0 saturated heterocycles. The van der Waals surface area contributed by atoms with Gasteiger partial charge in [-0.1, -0.05) is 18.2 Å². The number of nitrogens with zero attached hydrogens (tertiary/aromatic N) is 2. The zero-order valence-corrected chi connectivity index (χ0v) is 16.9. The Hall–Kier alpha value is -3.01. The van der Waals surface area contributed by atoms with Gasteiger partial charge in [-0.25, -0.2) is 12.8 Å². The molecule has 156 valence electrons. The van der Waals surface area contributed by atoms with Gasteiger partial charge in [-0.3, -0.25) is 19.2 Å². The van der Waals surface area contributed by atoms with Gasteiger partial charge in [0, 0.05) is 18.7 Å². The van der Waals surface area contributed by atoms with E-state index in [-0.39, 0.29) is 17.2 Å². The van der Waals surface area contributed by atoms with Gasteiger partial charge < -0.3 is 5.32 Å². The minimum absolute atomic E-state index is 0.0377. The lowest BCUT2D eigenvalue weighted by molar-refractivity contribution is -0.384. The summed E-state index contributed by atoms with van der Waals surface area (Å²) in [4.78, 5) is 22.8. The van der Waals surface area contributed by atoms with E-state index in [9.17, 15) is 27.7 Å². The second-order valence-corrected chi connectivity index (χ2v) is 8.39. The summed E-state index contributed by atoms with van der Waals surface area (Å²) in [5.41, 5.74) is 0.682. The van der Waals surface area contributed by atoms with Crippen molar-refractivity contribution >= 4 is 27.3 Å². The van der Waals surface area contributed by atoms with Crippen molar-refractivity contribution in [3.05, 3.63) is 70.0 Å². The maximum atomic E-state index is 12.9. The number of nitro groups is 1. The molecule has 29 heavy (non-hydrogen) atoms. The van der Waals surface area contributed by atoms with Crippen LogP contribution in [0, 0.1) is 15.9 Å². The van der Waals surface area contributed by atoms with E-state index in [1.807, 2.05) is 0 Å². The van der Waals surface area contributed by atoms with Crippen LogP contribution >= 0.6 is 0 Å². The number of benzene rings is 2. The van der Waals surface area contributed by atoms with E-state index in [0.717, 1.165) is 22.2 Å². The highest BCUT2D eigenvalue weighted by Crippen LogP contribution is 2.25. The first-order valence-corrected chi connectivity index (χ1v) is 10.7. The third-order valence-electron chi connectivity index (χ3n) is 4.24. The van der Waals surface area contributed by atoms with Crippen LogP contribution in [0.4, 0.5) is 15.8 Å². The van der Waals surface area contributed by atoms with Crippen LogP contribution in [-0.2, 0) is 21.2 Å². The molecule has 0 spiro atoms. The van der Waals surface area contributed by atoms with Crippen molar-refractivity contribution in [2.24, 2.45) is 0 Å². The summed E-state index contributed by atoms with van der Waals surface area (Å²) in [6.07, 6.45) is 2.14. The zero-order valence-electron chi connectivity index (χ0n) is 16.0. The summed E-state index contributed by atoms with van der Waals surface area (Å²) in [7, 11) is -3.87. The Bertz CT molecular complexity index is 980. The van der Waals surface area contributed by atoms with Gasteiger partial charge >= 0.3 is 0 Å². The Morgan fingerprint density at radius 2 is 1.90 bits per heavy atom. The number of hydrogen-bond acceptors (Lipinski definition) is 5. The first kappa shape index (κ1) is 22.3. The maximum Gasteiger partial charge on any atom is 0.271 e. The molecular weight excluding hydrogens is 401 g/mol. The van der Waals surface area contributed by atoms with E-state index in [1.54, 1.807) is 12.1 Å². The van der Waals surface area contributed by atoms with Crippen molar-refractivity contribution in [1.82, 2.24) is 5.32 Å². The van der Waals surface area contributed by atoms with Crippen molar-refractivity contribution in [3.63, 3.8) is 0 Å². The van der Waals surface area contributed by atoms with E-state index < -0.39 is 26.9 Å². The smallest absolute Gasteiger partial charge is 0.271 e. The number of nitrogens with one attached hydrogen (secondary N) is 1. The number of anilines is 1. The molecule has 0 aliphatic carbocycles. The lowest BCUT2D eigenvalue weighted by Gasteiger charge is -2.28. The average Bonchev–Trinajstić information content (AvgIpc) is 2.65. The van der Waals surface area contributed by atoms with Gasteiger partial charge in [0.15, 0.2) is 0 Å². The monoisotopic (exact) mass is 423 g/mol. The predicted octanol–water partition coefficient (Wildman–Crippen LogP) is 2.64. The van der Waals surface area contributed by atoms with E-state index in [2.05, 4.69) is 5.32 Å². The number of carbonyl (C=O) groups excluding carboxylic acids is 1. The number of carbonyl (C=O) groups is 1. The van der Waals surface area contributed by atoms with E-state index >= 15 is 0 Å². The fraction of sp³-hybridized carbons (Fsp3) is 0.316. The van der Waals surface area contributed by atoms with Crippen LogP contribution in [0.3, 0.4) is 0 Å². The minimum atomic E-state index is -3.87. The van der Waals surface area contributed by atoms with Crippen LogP contribution in [0.2, 0.25) is 0 Å². The summed E-state index contributed by atoms with van der Waals surface area (Å²) < 4.78 is 38.3. The second-order valence-electron chi connectivity index (χ2n) is 6.53. The highest BCUT2D eigenvalue weighted by atomic mass is 32.2. The molecule has 8 nitrogen and oxygen atoms in total. The molecule has 0 radical (unpaired) electrons. The molecule has 2 aromatic rings. The molecule has 0 bridgehead atoms. The van der Waals surface area contributed by atoms with Gasteiger partial charge in [-0.15, -0.1) is 0 Å². The highest BCUT2D eigenvalue weighted by Gasteiger charge is 2.29. The molecule has 0 heterocycles. The predicted molar refractivity (Wildman–Crippen MR) is 108 cm³/mol. The molecule has 1 atom stereocenters. The van der Waals surface area contributed by atoms with Gasteiger partial charge in [0.2, 0.25) is 15.9 Å². The van der Waals surface area contributed by atoms with E-state index in [4.69, 9.17) is 0 Å². The molecule has 1 N–H and O–H groups in total. The SMILES string of the molecule is C[C@@H](C(=O)NCCCc1ccc(F)cc1)N(c1cccc([N+](=O)[O-])c1)S(C)(=O)=O. The van der Waals surface area contributed by atoms with Crippen LogP contribution < -0.4 is 9.62 Å². The molecule has 2 aromatic carbocycles. The molecule has 0 unspecified atom stereocenters. The number of hydrogen-bond donors (Lipinski definition) is 1. The Balaban J connectivity index is 2.04. The minimum Gasteiger partial charge on any atom is -0.354 e. The Morgan fingerprint density at radius 3 is 2.48 bits per heavy atom. The molecule has 1 amide bonds. The molecule has 0 aliphatic rings. The van der Waals surface area contributed by atoms with Gasteiger partial charge in [-0.2, -0.15) is 0 Å². The average molecular weight is 423 g/mol. The van der Waals surface area contributed by atoms with Crippen LogP contribution in [0.15, 0.2) is 48.5 Å². The zero-order chi connectivity index (χ0) is 21.6. The molecule has 10 heteroatoms. The highest BCUT2D eigenvalue weighted by molar-refractivity contribution is 7.92. The van der Waals surface area contributed by atoms with Crippen molar-refractivity contribution in [2.45, 2.75) is 25.8 Å². The summed E-state index contributed by atoms with van der Waals surface area (Å²) in [5.74, 6) is -0.848. The Morgan fingerprint density at radius 1 is 1.24 bits per heavy atom. The lowest BCUT2D eigenvalue weighted by atomic mass is 10.1. The lowest BCUT2D eigenvalue weighted by Crippen LogP contribution is -2.48. The van der Waals surface area contributed by atoms with Gasteiger partial charge in [0.05, 0.1) is 16.9 Å². The number of sulfonamides is 1. The van der Waals surface area contributed by atoms with Crippen molar-refractivity contribution < 1.29 is 22.5 Å². The number of non-ortho nitro benzene ring substituents is 1. The number of aryl methyl sites for hydroxylation is 1. The third kappa shape index (κ3) is 6.24. The molecule has 0 aliphatic heterocycles. The summed E-state index contributed by atoms with van der Waals surface area (Å²) >= 11 is 0. The van der Waals surface area contributed by atoms with Crippen LogP contribution in [0.1, 0.15) is 18.9 Å². The normalized spacial score (nSPS) is 12.2. The molecule has 0 aromatic heterocycles. The fourth-order valence-electron chi connectivity index (χ4n) is 2.86. The standard InChI is InChI=1S/C19H22FN3O5S/c1-14(19(24)21-12-4-5-15-8-10-16(20)11-9-15)22(29(2,27)28)17-6-3-7-18(13-17)23(25)26/h3,6-11,13-14H,4-5,12H2,1-2H3,(H,21,24)/t14-/m0/s1. The molecule has 2 rings (SSSR count). The number of halogens is 1. The Kier molecular flexibility index (Phi) is 7.27. The summed E-state index contributed by atoms with van der Waals surface area (Å²) in [6.45, 7) is 1.71. The first-order valence-electron chi connectivity index (χ1n) is 8.85. The molecular formula is C19H22FN3O5S. The van der Waals surface area contributed by atoms with Crippen molar-refractivity contribution in [1.29, 1.82) is 0 Å². The summed E-state index contributed by atoms with van der Waals surface area (Å²) in [6, 6.07) is 10.0. The topological polar surface area (TPSA) is 110 Å². The van der Waals surface area contributed by atoms with Crippen molar-refractivity contribution in [3.8, 4) is 0 Å². The second kappa shape index (κ2) is 9.46.